The van der Waals surface area contributed by atoms with Crippen LogP contribution < -0.4 is 5.56 Å². The van der Waals surface area contributed by atoms with E-state index in [2.05, 4.69) is 17.6 Å². The van der Waals surface area contributed by atoms with E-state index in [0.29, 0.717) is 0 Å². The summed E-state index contributed by atoms with van der Waals surface area (Å²) in [5.74, 6) is 0.843. The molecule has 1 aliphatic carbocycles. The average molecular weight is 288 g/mol. The molecule has 106 valence electrons. The van der Waals surface area contributed by atoms with Gasteiger partial charge in [0.05, 0.1) is 17.2 Å². The number of hydrogen-bond acceptors (Lipinski definition) is 3. The molecule has 0 saturated heterocycles. The van der Waals surface area contributed by atoms with Crippen LogP contribution in [0.4, 0.5) is 0 Å². The van der Waals surface area contributed by atoms with Crippen LogP contribution >= 0.6 is 12.6 Å². The van der Waals surface area contributed by atoms with Crippen LogP contribution in [0.2, 0.25) is 0 Å². The third-order valence-electron chi connectivity index (χ3n) is 4.50. The molecule has 0 atom stereocenters. The summed E-state index contributed by atoms with van der Waals surface area (Å²) in [6, 6.07) is 7.87. The summed E-state index contributed by atoms with van der Waals surface area (Å²) in [7, 11) is 0. The summed E-state index contributed by atoms with van der Waals surface area (Å²) in [4.78, 5) is 16.5. The molecule has 1 fully saturated rings. The lowest BCUT2D eigenvalue weighted by atomic mass is 9.75. The van der Waals surface area contributed by atoms with Crippen LogP contribution in [0.1, 0.15) is 32.1 Å². The molecule has 0 aliphatic heterocycles. The molecule has 0 radical (unpaired) electrons. The number of rotatable bonds is 3. The Hall–Kier alpha value is -1.29. The van der Waals surface area contributed by atoms with Crippen molar-refractivity contribution < 1.29 is 0 Å². The maximum Gasteiger partial charge on any atom is 0.269 e. The van der Waals surface area contributed by atoms with Crippen molar-refractivity contribution in [2.75, 3.05) is 5.75 Å². The van der Waals surface area contributed by atoms with Gasteiger partial charge in [-0.15, -0.1) is 0 Å². The Bertz CT molecular complexity index is 659. The first kappa shape index (κ1) is 13.7. The van der Waals surface area contributed by atoms with E-state index >= 15 is 0 Å². The number of benzene rings is 1. The molecule has 2 aromatic rings. The number of para-hydroxylation sites is 2. The quantitative estimate of drug-likeness (QED) is 0.880. The third-order valence-corrected chi connectivity index (χ3v) is 5.17. The highest BCUT2D eigenvalue weighted by Gasteiger charge is 2.31. The number of nitrogens with zero attached hydrogens (tertiary/aromatic N) is 2. The van der Waals surface area contributed by atoms with Gasteiger partial charge >= 0.3 is 0 Å². The third kappa shape index (κ3) is 2.49. The van der Waals surface area contributed by atoms with Gasteiger partial charge in [0.15, 0.2) is 0 Å². The molecule has 0 amide bonds. The zero-order valence-corrected chi connectivity index (χ0v) is 12.5. The largest absolute Gasteiger partial charge is 0.305 e. The highest BCUT2D eigenvalue weighted by Crippen LogP contribution is 2.38. The molecule has 0 spiro atoms. The van der Waals surface area contributed by atoms with Crippen LogP contribution in [-0.2, 0) is 6.54 Å². The molecule has 1 aromatic carbocycles. The van der Waals surface area contributed by atoms with Crippen molar-refractivity contribution in [3.8, 4) is 0 Å². The Balaban J connectivity index is 2.05. The molecule has 0 N–H and O–H groups in total. The van der Waals surface area contributed by atoms with Crippen molar-refractivity contribution in [2.24, 2.45) is 5.41 Å². The normalized spacial score (nSPS) is 18.2. The van der Waals surface area contributed by atoms with Crippen molar-refractivity contribution in [1.82, 2.24) is 9.55 Å². The highest BCUT2D eigenvalue weighted by molar-refractivity contribution is 7.80. The summed E-state index contributed by atoms with van der Waals surface area (Å²) in [6.45, 7) is 0.762. The van der Waals surface area contributed by atoms with Crippen molar-refractivity contribution in [1.29, 1.82) is 0 Å². The molecule has 1 heterocycles. The predicted octanol–water partition coefficient (Wildman–Crippen LogP) is 3.28. The SMILES string of the molecule is O=c1cnc2ccccc2n1CC1(CS)CCCCC1. The van der Waals surface area contributed by atoms with E-state index in [1.54, 1.807) is 0 Å². The molecule has 20 heavy (non-hydrogen) atoms. The molecule has 1 saturated carbocycles. The number of fused-ring (bicyclic) bond motifs is 1. The Kier molecular flexibility index (Phi) is 3.83. The molecule has 3 rings (SSSR count). The number of aromatic nitrogens is 2. The topological polar surface area (TPSA) is 34.9 Å². The standard InChI is InChI=1S/C16H20N2OS/c19-15-10-17-13-6-2-3-7-14(13)18(15)11-16(12-20)8-4-1-5-9-16/h2-3,6-7,10,20H,1,4-5,8-9,11-12H2. The van der Waals surface area contributed by atoms with Gasteiger partial charge in [-0.05, 0) is 36.1 Å². The molecule has 1 aromatic heterocycles. The molecular weight excluding hydrogens is 268 g/mol. The van der Waals surface area contributed by atoms with Crippen molar-refractivity contribution in [2.45, 2.75) is 38.6 Å². The summed E-state index contributed by atoms with van der Waals surface area (Å²) < 4.78 is 1.89. The van der Waals surface area contributed by atoms with E-state index in [1.165, 1.54) is 38.3 Å². The van der Waals surface area contributed by atoms with Gasteiger partial charge in [0, 0.05) is 6.54 Å². The van der Waals surface area contributed by atoms with Gasteiger partial charge < -0.3 is 4.57 Å². The van der Waals surface area contributed by atoms with E-state index < -0.39 is 0 Å². The van der Waals surface area contributed by atoms with E-state index in [0.717, 1.165) is 23.3 Å². The highest BCUT2D eigenvalue weighted by atomic mass is 32.1. The Morgan fingerprint density at radius 1 is 1.20 bits per heavy atom. The fourth-order valence-corrected chi connectivity index (χ4v) is 3.70. The molecule has 0 unspecified atom stereocenters. The van der Waals surface area contributed by atoms with Crippen LogP contribution in [0.5, 0.6) is 0 Å². The zero-order chi connectivity index (χ0) is 14.0. The first-order chi connectivity index (χ1) is 9.74. The predicted molar refractivity (Wildman–Crippen MR) is 85.4 cm³/mol. The maximum atomic E-state index is 12.2. The second-order valence-corrected chi connectivity index (χ2v) is 6.21. The maximum absolute atomic E-state index is 12.2. The van der Waals surface area contributed by atoms with E-state index in [4.69, 9.17) is 0 Å². The first-order valence-electron chi connectivity index (χ1n) is 7.30. The first-order valence-corrected chi connectivity index (χ1v) is 7.93. The van der Waals surface area contributed by atoms with Gasteiger partial charge in [-0.2, -0.15) is 12.6 Å². The molecule has 1 aliphatic rings. The van der Waals surface area contributed by atoms with Gasteiger partial charge in [0.25, 0.3) is 5.56 Å². The average Bonchev–Trinajstić information content (AvgIpc) is 2.51. The Morgan fingerprint density at radius 2 is 1.95 bits per heavy atom. The minimum Gasteiger partial charge on any atom is -0.305 e. The monoisotopic (exact) mass is 288 g/mol. The number of hydrogen-bond donors (Lipinski definition) is 1. The molecular formula is C16H20N2OS. The molecule has 4 heteroatoms. The summed E-state index contributed by atoms with van der Waals surface area (Å²) in [6.07, 6.45) is 7.58. The lowest BCUT2D eigenvalue weighted by molar-refractivity contribution is 0.190. The lowest BCUT2D eigenvalue weighted by Crippen LogP contribution is -2.35. The van der Waals surface area contributed by atoms with E-state index in [-0.39, 0.29) is 11.0 Å². The minimum atomic E-state index is -0.00423. The summed E-state index contributed by atoms with van der Waals surface area (Å²) in [5, 5.41) is 0. The van der Waals surface area contributed by atoms with Crippen LogP contribution in [0.15, 0.2) is 35.3 Å². The van der Waals surface area contributed by atoms with Gasteiger partial charge in [0.1, 0.15) is 0 Å². The van der Waals surface area contributed by atoms with Crippen LogP contribution in [0, 0.1) is 5.41 Å². The van der Waals surface area contributed by atoms with Crippen LogP contribution in [0.25, 0.3) is 11.0 Å². The van der Waals surface area contributed by atoms with Gasteiger partial charge in [-0.25, -0.2) is 4.98 Å². The van der Waals surface area contributed by atoms with Gasteiger partial charge in [-0.1, -0.05) is 31.4 Å². The zero-order valence-electron chi connectivity index (χ0n) is 11.6. The van der Waals surface area contributed by atoms with Crippen LogP contribution in [0.3, 0.4) is 0 Å². The summed E-state index contributed by atoms with van der Waals surface area (Å²) >= 11 is 4.58. The second kappa shape index (κ2) is 5.60. The fraction of sp³-hybridized carbons (Fsp3) is 0.500. The van der Waals surface area contributed by atoms with Gasteiger partial charge in [-0.3, -0.25) is 4.79 Å². The van der Waals surface area contributed by atoms with Crippen molar-refractivity contribution in [3.05, 3.63) is 40.8 Å². The minimum absolute atomic E-state index is 0.00423. The Morgan fingerprint density at radius 3 is 2.70 bits per heavy atom. The molecule has 0 bridgehead atoms. The second-order valence-electron chi connectivity index (χ2n) is 5.89. The van der Waals surface area contributed by atoms with Crippen molar-refractivity contribution >= 4 is 23.7 Å². The van der Waals surface area contributed by atoms with E-state index in [9.17, 15) is 4.79 Å². The van der Waals surface area contributed by atoms with Crippen molar-refractivity contribution in [3.63, 3.8) is 0 Å². The lowest BCUT2D eigenvalue weighted by Gasteiger charge is -2.36. The number of thiol groups is 1. The van der Waals surface area contributed by atoms with Crippen LogP contribution in [-0.4, -0.2) is 15.3 Å². The fourth-order valence-electron chi connectivity index (χ4n) is 3.28. The summed E-state index contributed by atoms with van der Waals surface area (Å²) in [5.41, 5.74) is 1.98. The van der Waals surface area contributed by atoms with E-state index in [1.807, 2.05) is 28.8 Å². The smallest absolute Gasteiger partial charge is 0.269 e. The van der Waals surface area contributed by atoms with Gasteiger partial charge in [0.2, 0.25) is 0 Å². The molecule has 3 nitrogen and oxygen atoms in total. The Labute approximate surface area is 124 Å².